The third kappa shape index (κ3) is 4.62. The first-order valence-corrected chi connectivity index (χ1v) is 11.9. The summed E-state index contributed by atoms with van der Waals surface area (Å²) in [5.41, 5.74) is 2.02. The number of carbonyl (C=O) groups excluding carboxylic acids is 2. The summed E-state index contributed by atoms with van der Waals surface area (Å²) in [5, 5.41) is 15.1. The Balaban J connectivity index is 1.42. The third-order valence-corrected chi connectivity index (χ3v) is 7.41. The fraction of sp³-hybridized carbons (Fsp3) is 0.444. The number of alkyl carbamates (subject to hydrolysis) is 1. The standard InChI is InChI=1S/C27H32N2O6/c1-26(23(30)29-27(2,16-34-3)24(31)32)14-8-13-22(26)28-25(33)35-15-21-19-11-6-4-9-17(19)18-10-5-7-12-20(18)21/h4-7,9-12,21-22H,8,13-16H2,1-3H3,(H,28,33)(H,29,30)(H,31,32). The number of hydrogen-bond acceptors (Lipinski definition) is 5. The van der Waals surface area contributed by atoms with Gasteiger partial charge < -0.3 is 25.2 Å². The molecule has 0 bridgehead atoms. The largest absolute Gasteiger partial charge is 0.479 e. The van der Waals surface area contributed by atoms with Crippen LogP contribution in [0.1, 0.15) is 50.2 Å². The van der Waals surface area contributed by atoms with Gasteiger partial charge >= 0.3 is 12.1 Å². The highest BCUT2D eigenvalue weighted by atomic mass is 16.5. The predicted octanol–water partition coefficient (Wildman–Crippen LogP) is 3.69. The van der Waals surface area contributed by atoms with Gasteiger partial charge in [0.15, 0.2) is 5.54 Å². The van der Waals surface area contributed by atoms with Gasteiger partial charge in [0.25, 0.3) is 0 Å². The quantitative estimate of drug-likeness (QED) is 0.531. The van der Waals surface area contributed by atoms with E-state index >= 15 is 0 Å². The number of carbonyl (C=O) groups is 3. The van der Waals surface area contributed by atoms with Crippen LogP contribution in [0.5, 0.6) is 0 Å². The first-order valence-electron chi connectivity index (χ1n) is 11.9. The van der Waals surface area contributed by atoms with E-state index in [4.69, 9.17) is 9.47 Å². The van der Waals surface area contributed by atoms with E-state index in [1.54, 1.807) is 6.92 Å². The lowest BCUT2D eigenvalue weighted by molar-refractivity contribution is -0.151. The molecule has 2 aromatic rings. The van der Waals surface area contributed by atoms with Gasteiger partial charge in [0.2, 0.25) is 5.91 Å². The molecule has 3 unspecified atom stereocenters. The molecule has 2 amide bonds. The number of nitrogens with one attached hydrogen (secondary N) is 2. The minimum atomic E-state index is -1.56. The highest BCUT2D eigenvalue weighted by Gasteiger charge is 2.49. The number of benzene rings is 2. The molecule has 8 heteroatoms. The number of hydrogen-bond donors (Lipinski definition) is 3. The molecule has 3 N–H and O–H groups in total. The number of amides is 2. The maximum absolute atomic E-state index is 13.2. The zero-order valence-corrected chi connectivity index (χ0v) is 20.3. The van der Waals surface area contributed by atoms with Crippen molar-refractivity contribution in [1.82, 2.24) is 10.6 Å². The summed E-state index contributed by atoms with van der Waals surface area (Å²) in [7, 11) is 1.38. The van der Waals surface area contributed by atoms with Crippen LogP contribution < -0.4 is 10.6 Å². The normalized spacial score (nSPS) is 22.5. The van der Waals surface area contributed by atoms with Crippen LogP contribution in [-0.2, 0) is 19.1 Å². The number of aliphatic carboxylic acids is 1. The Bertz CT molecular complexity index is 1090. The molecule has 0 saturated heterocycles. The Morgan fingerprint density at radius 1 is 1.09 bits per heavy atom. The van der Waals surface area contributed by atoms with Crippen LogP contribution in [0.4, 0.5) is 4.79 Å². The van der Waals surface area contributed by atoms with Gasteiger partial charge in [-0.15, -0.1) is 0 Å². The Hall–Kier alpha value is -3.39. The van der Waals surface area contributed by atoms with Crippen LogP contribution in [-0.4, -0.2) is 55.0 Å². The monoisotopic (exact) mass is 480 g/mol. The van der Waals surface area contributed by atoms with Crippen LogP contribution >= 0.6 is 0 Å². The summed E-state index contributed by atoms with van der Waals surface area (Å²) in [6, 6.07) is 15.7. The number of fused-ring (bicyclic) bond motifs is 3. The number of carboxylic acid groups (broad SMARTS) is 1. The molecule has 0 radical (unpaired) electrons. The van der Waals surface area contributed by atoms with E-state index in [0.717, 1.165) is 28.7 Å². The van der Waals surface area contributed by atoms with Crippen molar-refractivity contribution in [2.45, 2.75) is 50.6 Å². The summed E-state index contributed by atoms with van der Waals surface area (Å²) in [6.45, 7) is 3.16. The molecule has 0 heterocycles. The van der Waals surface area contributed by atoms with E-state index in [1.165, 1.54) is 14.0 Å². The molecule has 2 aliphatic rings. The van der Waals surface area contributed by atoms with Crippen LogP contribution in [0.25, 0.3) is 11.1 Å². The van der Waals surface area contributed by atoms with Crippen molar-refractivity contribution in [2.24, 2.45) is 5.41 Å². The first-order chi connectivity index (χ1) is 16.7. The van der Waals surface area contributed by atoms with E-state index in [2.05, 4.69) is 34.9 Å². The highest BCUT2D eigenvalue weighted by Crippen LogP contribution is 2.44. The molecule has 35 heavy (non-hydrogen) atoms. The Morgan fingerprint density at radius 3 is 2.26 bits per heavy atom. The van der Waals surface area contributed by atoms with Crippen molar-refractivity contribution in [3.63, 3.8) is 0 Å². The van der Waals surface area contributed by atoms with Gasteiger partial charge in [0, 0.05) is 19.1 Å². The maximum Gasteiger partial charge on any atom is 0.407 e. The summed E-state index contributed by atoms with van der Waals surface area (Å²) < 4.78 is 10.7. The van der Waals surface area contributed by atoms with Crippen molar-refractivity contribution in [2.75, 3.05) is 20.3 Å². The van der Waals surface area contributed by atoms with Gasteiger partial charge in [0.1, 0.15) is 6.61 Å². The number of carboxylic acids is 1. The molecule has 0 spiro atoms. The smallest absolute Gasteiger partial charge is 0.407 e. The third-order valence-electron chi connectivity index (χ3n) is 7.41. The summed E-state index contributed by atoms with van der Waals surface area (Å²) in [4.78, 5) is 37.7. The molecule has 4 rings (SSSR count). The zero-order chi connectivity index (χ0) is 25.2. The van der Waals surface area contributed by atoms with E-state index in [-0.39, 0.29) is 19.1 Å². The van der Waals surface area contributed by atoms with Crippen molar-refractivity contribution >= 4 is 18.0 Å². The van der Waals surface area contributed by atoms with Crippen molar-refractivity contribution < 1.29 is 29.0 Å². The molecule has 8 nitrogen and oxygen atoms in total. The summed E-state index contributed by atoms with van der Waals surface area (Å²) in [5.74, 6) is -1.67. The Labute approximate surface area is 205 Å². The molecular weight excluding hydrogens is 448 g/mol. The summed E-state index contributed by atoms with van der Waals surface area (Å²) >= 11 is 0. The fourth-order valence-corrected chi connectivity index (χ4v) is 5.29. The van der Waals surface area contributed by atoms with E-state index in [9.17, 15) is 19.5 Å². The average Bonchev–Trinajstić information content (AvgIpc) is 3.36. The van der Waals surface area contributed by atoms with E-state index < -0.39 is 35.0 Å². The lowest BCUT2D eigenvalue weighted by Crippen LogP contribution is -2.61. The lowest BCUT2D eigenvalue weighted by Gasteiger charge is -2.35. The molecule has 2 aromatic carbocycles. The predicted molar refractivity (Wildman–Crippen MR) is 130 cm³/mol. The van der Waals surface area contributed by atoms with Gasteiger partial charge in [-0.05, 0) is 48.9 Å². The number of rotatable bonds is 8. The van der Waals surface area contributed by atoms with Gasteiger partial charge in [0.05, 0.1) is 12.0 Å². The fourth-order valence-electron chi connectivity index (χ4n) is 5.29. The van der Waals surface area contributed by atoms with Crippen LogP contribution in [0, 0.1) is 5.41 Å². The second-order valence-corrected chi connectivity index (χ2v) is 9.86. The molecule has 0 aliphatic heterocycles. The minimum Gasteiger partial charge on any atom is -0.479 e. The molecule has 3 atom stereocenters. The molecule has 2 aliphatic carbocycles. The highest BCUT2D eigenvalue weighted by molar-refractivity contribution is 5.90. The first kappa shape index (κ1) is 24.7. The number of ether oxygens (including phenoxy) is 2. The Morgan fingerprint density at radius 2 is 1.69 bits per heavy atom. The lowest BCUT2D eigenvalue weighted by atomic mass is 9.82. The molecular formula is C27H32N2O6. The minimum absolute atomic E-state index is 0.0586. The van der Waals surface area contributed by atoms with Crippen molar-refractivity contribution in [3.05, 3.63) is 59.7 Å². The Kier molecular flexibility index (Phi) is 6.85. The van der Waals surface area contributed by atoms with Crippen LogP contribution in [0.3, 0.4) is 0 Å². The molecule has 0 aromatic heterocycles. The molecule has 1 fully saturated rings. The van der Waals surface area contributed by atoms with Crippen molar-refractivity contribution in [1.29, 1.82) is 0 Å². The SMILES string of the molecule is COCC(C)(NC(=O)C1(C)CCCC1NC(=O)OCC1c2ccccc2-c2ccccc21)C(=O)O. The van der Waals surface area contributed by atoms with Crippen molar-refractivity contribution in [3.8, 4) is 11.1 Å². The summed E-state index contributed by atoms with van der Waals surface area (Å²) in [6.07, 6.45) is 1.26. The average molecular weight is 481 g/mol. The van der Waals surface area contributed by atoms with Gasteiger partial charge in [-0.1, -0.05) is 55.0 Å². The van der Waals surface area contributed by atoms with Gasteiger partial charge in [-0.25, -0.2) is 9.59 Å². The second-order valence-electron chi connectivity index (χ2n) is 9.86. The van der Waals surface area contributed by atoms with E-state index in [0.29, 0.717) is 12.8 Å². The second kappa shape index (κ2) is 9.70. The van der Waals surface area contributed by atoms with E-state index in [1.807, 2.05) is 24.3 Å². The zero-order valence-electron chi connectivity index (χ0n) is 20.3. The van der Waals surface area contributed by atoms with Crippen LogP contribution in [0.2, 0.25) is 0 Å². The topological polar surface area (TPSA) is 114 Å². The van der Waals surface area contributed by atoms with Crippen LogP contribution in [0.15, 0.2) is 48.5 Å². The van der Waals surface area contributed by atoms with Gasteiger partial charge in [-0.3, -0.25) is 4.79 Å². The van der Waals surface area contributed by atoms with Gasteiger partial charge in [-0.2, -0.15) is 0 Å². The number of methoxy groups -OCH3 is 1. The molecule has 1 saturated carbocycles. The maximum atomic E-state index is 13.2. The molecule has 186 valence electrons.